The van der Waals surface area contributed by atoms with Gasteiger partial charge in [-0.15, -0.1) is 11.3 Å². The third-order valence-electron chi connectivity index (χ3n) is 2.85. The lowest BCUT2D eigenvalue weighted by molar-refractivity contribution is 0.0697. The van der Waals surface area contributed by atoms with Crippen molar-refractivity contribution in [2.75, 3.05) is 5.32 Å². The van der Waals surface area contributed by atoms with E-state index in [2.05, 4.69) is 17.2 Å². The molecule has 1 unspecified atom stereocenters. The van der Waals surface area contributed by atoms with E-state index in [0.29, 0.717) is 5.56 Å². The Kier molecular flexibility index (Phi) is 3.85. The summed E-state index contributed by atoms with van der Waals surface area (Å²) >= 11 is 1.68. The molecule has 4 nitrogen and oxygen atoms in total. The van der Waals surface area contributed by atoms with E-state index < -0.39 is 5.97 Å². The molecule has 0 aliphatic rings. The lowest BCUT2D eigenvalue weighted by atomic mass is 10.2. The first-order valence-corrected chi connectivity index (χ1v) is 6.83. The van der Waals surface area contributed by atoms with Gasteiger partial charge in [-0.2, -0.15) is 0 Å². The maximum Gasteiger partial charge on any atom is 0.335 e. The lowest BCUT2D eigenvalue weighted by Gasteiger charge is -2.14. The van der Waals surface area contributed by atoms with Gasteiger partial charge in [0.05, 0.1) is 22.3 Å². The van der Waals surface area contributed by atoms with Crippen LogP contribution < -0.4 is 5.32 Å². The Balaban J connectivity index is 2.12. The molecule has 0 saturated heterocycles. The van der Waals surface area contributed by atoms with Gasteiger partial charge >= 0.3 is 5.97 Å². The van der Waals surface area contributed by atoms with Crippen LogP contribution in [0.5, 0.6) is 0 Å². The van der Waals surface area contributed by atoms with Gasteiger partial charge < -0.3 is 10.4 Å². The number of aryl methyl sites for hydroxylation is 2. The first-order valence-electron chi connectivity index (χ1n) is 6.01. The minimum Gasteiger partial charge on any atom is -0.478 e. The Labute approximate surface area is 116 Å². The van der Waals surface area contributed by atoms with E-state index in [1.165, 1.54) is 4.88 Å². The summed E-state index contributed by atoms with van der Waals surface area (Å²) in [6.07, 6.45) is 0. The number of aromatic nitrogens is 1. The number of carboxylic acids is 1. The van der Waals surface area contributed by atoms with Gasteiger partial charge in [-0.25, -0.2) is 9.78 Å². The fourth-order valence-corrected chi connectivity index (χ4v) is 2.90. The van der Waals surface area contributed by atoms with E-state index in [0.717, 1.165) is 16.4 Å². The Hall–Kier alpha value is -1.88. The first-order chi connectivity index (χ1) is 8.97. The predicted molar refractivity (Wildman–Crippen MR) is 77.0 cm³/mol. The summed E-state index contributed by atoms with van der Waals surface area (Å²) in [6.45, 7) is 6.07. The summed E-state index contributed by atoms with van der Waals surface area (Å²) < 4.78 is 0. The number of thiazole rings is 1. The maximum atomic E-state index is 10.8. The van der Waals surface area contributed by atoms with Crippen LogP contribution in [-0.4, -0.2) is 16.1 Å². The predicted octanol–water partition coefficient (Wildman–Crippen LogP) is 3.63. The number of rotatable bonds is 4. The van der Waals surface area contributed by atoms with Crippen LogP contribution in [0, 0.1) is 13.8 Å². The molecule has 1 heterocycles. The van der Waals surface area contributed by atoms with Crippen molar-refractivity contribution >= 4 is 23.0 Å². The summed E-state index contributed by atoms with van der Waals surface area (Å²) in [5.74, 6) is -0.909. The number of hydrogen-bond acceptors (Lipinski definition) is 4. The fourth-order valence-electron chi connectivity index (χ4n) is 1.97. The Bertz CT molecular complexity index is 590. The highest BCUT2D eigenvalue weighted by molar-refractivity contribution is 7.11. The minimum atomic E-state index is -0.909. The van der Waals surface area contributed by atoms with Crippen LogP contribution in [0.15, 0.2) is 24.3 Å². The number of hydrogen-bond donors (Lipinski definition) is 2. The zero-order valence-electron chi connectivity index (χ0n) is 11.1. The molecule has 1 atom stereocenters. The Morgan fingerprint density at radius 1 is 1.32 bits per heavy atom. The molecule has 0 spiro atoms. The normalized spacial score (nSPS) is 12.2. The number of anilines is 1. The van der Waals surface area contributed by atoms with Crippen molar-refractivity contribution in [3.63, 3.8) is 0 Å². The van der Waals surface area contributed by atoms with Crippen LogP contribution in [0.4, 0.5) is 5.69 Å². The molecule has 2 rings (SSSR count). The zero-order chi connectivity index (χ0) is 14.0. The molecule has 2 aromatic rings. The molecular weight excluding hydrogens is 260 g/mol. The SMILES string of the molecule is Cc1nc(C)c(C(C)Nc2ccc(C(=O)O)cc2)s1. The van der Waals surface area contributed by atoms with Crippen LogP contribution in [-0.2, 0) is 0 Å². The molecule has 0 amide bonds. The van der Waals surface area contributed by atoms with Gasteiger partial charge in [0.25, 0.3) is 0 Å². The second kappa shape index (κ2) is 5.40. The molecule has 0 aliphatic heterocycles. The monoisotopic (exact) mass is 276 g/mol. The maximum absolute atomic E-state index is 10.8. The number of aromatic carboxylic acids is 1. The highest BCUT2D eigenvalue weighted by atomic mass is 32.1. The van der Waals surface area contributed by atoms with Crippen molar-refractivity contribution in [2.24, 2.45) is 0 Å². The van der Waals surface area contributed by atoms with Crippen molar-refractivity contribution in [3.8, 4) is 0 Å². The Morgan fingerprint density at radius 3 is 2.42 bits per heavy atom. The van der Waals surface area contributed by atoms with Gasteiger partial charge in [0.2, 0.25) is 0 Å². The molecule has 0 fully saturated rings. The van der Waals surface area contributed by atoms with E-state index >= 15 is 0 Å². The summed E-state index contributed by atoms with van der Waals surface area (Å²) in [4.78, 5) is 16.4. The highest BCUT2D eigenvalue weighted by Gasteiger charge is 2.13. The summed E-state index contributed by atoms with van der Waals surface area (Å²) in [6, 6.07) is 6.92. The number of benzene rings is 1. The van der Waals surface area contributed by atoms with E-state index in [-0.39, 0.29) is 6.04 Å². The van der Waals surface area contributed by atoms with Crippen LogP contribution >= 0.6 is 11.3 Å². The molecule has 5 heteroatoms. The molecule has 100 valence electrons. The van der Waals surface area contributed by atoms with Crippen LogP contribution in [0.3, 0.4) is 0 Å². The first kappa shape index (κ1) is 13.5. The second-order valence-corrected chi connectivity index (χ2v) is 5.67. The fraction of sp³-hybridized carbons (Fsp3) is 0.286. The lowest BCUT2D eigenvalue weighted by Crippen LogP contribution is -2.06. The van der Waals surface area contributed by atoms with Gasteiger partial charge in [-0.05, 0) is 45.0 Å². The number of nitrogens with one attached hydrogen (secondary N) is 1. The third-order valence-corrected chi connectivity index (χ3v) is 4.10. The van der Waals surface area contributed by atoms with Crippen LogP contribution in [0.2, 0.25) is 0 Å². The van der Waals surface area contributed by atoms with Gasteiger partial charge in [0, 0.05) is 10.6 Å². The van der Waals surface area contributed by atoms with Crippen molar-refractivity contribution < 1.29 is 9.90 Å². The van der Waals surface area contributed by atoms with Crippen LogP contribution in [0.1, 0.15) is 38.9 Å². The minimum absolute atomic E-state index is 0.155. The van der Waals surface area contributed by atoms with Gasteiger partial charge in [0.15, 0.2) is 0 Å². The standard InChI is InChI=1S/C14H16N2O2S/c1-8-13(19-10(3)15-8)9(2)16-12-6-4-11(5-7-12)14(17)18/h4-7,9,16H,1-3H3,(H,17,18). The molecule has 0 saturated carbocycles. The smallest absolute Gasteiger partial charge is 0.335 e. The molecular formula is C14H16N2O2S. The number of carbonyl (C=O) groups is 1. The van der Waals surface area contributed by atoms with E-state index in [1.54, 1.807) is 35.6 Å². The largest absolute Gasteiger partial charge is 0.478 e. The molecule has 0 radical (unpaired) electrons. The van der Waals surface area contributed by atoms with Crippen LogP contribution in [0.25, 0.3) is 0 Å². The van der Waals surface area contributed by atoms with Gasteiger partial charge in [-0.3, -0.25) is 0 Å². The summed E-state index contributed by atoms with van der Waals surface area (Å²) in [5.41, 5.74) is 2.25. The molecule has 0 aliphatic carbocycles. The van der Waals surface area contributed by atoms with Gasteiger partial charge in [0.1, 0.15) is 0 Å². The second-order valence-electron chi connectivity index (χ2n) is 4.43. The van der Waals surface area contributed by atoms with Gasteiger partial charge in [-0.1, -0.05) is 0 Å². The van der Waals surface area contributed by atoms with E-state index in [4.69, 9.17) is 5.11 Å². The zero-order valence-corrected chi connectivity index (χ0v) is 11.9. The molecule has 1 aromatic carbocycles. The molecule has 2 N–H and O–H groups in total. The summed E-state index contributed by atoms with van der Waals surface area (Å²) in [5, 5.41) is 13.3. The summed E-state index contributed by atoms with van der Waals surface area (Å²) in [7, 11) is 0. The topological polar surface area (TPSA) is 62.2 Å². The number of nitrogens with zero attached hydrogens (tertiary/aromatic N) is 1. The molecule has 0 bridgehead atoms. The van der Waals surface area contributed by atoms with Crippen molar-refractivity contribution in [1.29, 1.82) is 0 Å². The van der Waals surface area contributed by atoms with Crippen molar-refractivity contribution in [2.45, 2.75) is 26.8 Å². The van der Waals surface area contributed by atoms with Crippen molar-refractivity contribution in [1.82, 2.24) is 4.98 Å². The average molecular weight is 276 g/mol. The Morgan fingerprint density at radius 2 is 1.95 bits per heavy atom. The molecule has 19 heavy (non-hydrogen) atoms. The molecule has 1 aromatic heterocycles. The third kappa shape index (κ3) is 3.12. The average Bonchev–Trinajstić information content (AvgIpc) is 2.69. The van der Waals surface area contributed by atoms with E-state index in [1.807, 2.05) is 13.8 Å². The van der Waals surface area contributed by atoms with E-state index in [9.17, 15) is 4.79 Å². The van der Waals surface area contributed by atoms with Crippen molar-refractivity contribution in [3.05, 3.63) is 45.4 Å². The quantitative estimate of drug-likeness (QED) is 0.895. The number of carboxylic acid groups (broad SMARTS) is 1. The highest BCUT2D eigenvalue weighted by Crippen LogP contribution is 2.27.